The Morgan fingerprint density at radius 2 is 1.67 bits per heavy atom. The average molecular weight is 462 g/mol. The maximum Gasteiger partial charge on any atom is 0.421 e. The summed E-state index contributed by atoms with van der Waals surface area (Å²) in [6.45, 7) is 2.90. The second-order valence-corrected chi connectivity index (χ2v) is 8.67. The van der Waals surface area contributed by atoms with E-state index < -0.39 is 17.2 Å². The van der Waals surface area contributed by atoms with Gasteiger partial charge in [-0.1, -0.05) is 24.3 Å². The zero-order chi connectivity index (χ0) is 24.4. The topological polar surface area (TPSA) is 64.3 Å². The summed E-state index contributed by atoms with van der Waals surface area (Å²) in [5.41, 5.74) is -3.10. The minimum Gasteiger partial charge on any atom is -0.376 e. The number of aliphatic hydroxyl groups is 1. The molecule has 0 spiro atoms. The minimum absolute atomic E-state index is 0.123. The fourth-order valence-corrected chi connectivity index (χ4v) is 4.48. The number of nitriles is 1. The molecule has 1 atom stereocenters. The number of hydrogen-bond donors (Lipinski definition) is 1. The molecule has 1 aliphatic rings. The van der Waals surface area contributed by atoms with Crippen molar-refractivity contribution in [3.8, 4) is 6.07 Å². The molecule has 1 N–H and O–H groups in total. The fourth-order valence-electron chi connectivity index (χ4n) is 4.48. The molecule has 4 nitrogen and oxygen atoms in total. The molecule has 1 aliphatic carbocycles. The van der Waals surface area contributed by atoms with Crippen molar-refractivity contribution < 1.29 is 27.5 Å². The van der Waals surface area contributed by atoms with Gasteiger partial charge in [0, 0.05) is 18.2 Å². The first-order chi connectivity index (χ1) is 15.4. The van der Waals surface area contributed by atoms with Crippen molar-refractivity contribution in [1.29, 1.82) is 5.26 Å². The van der Waals surface area contributed by atoms with Crippen molar-refractivity contribution >= 4 is 5.91 Å². The number of halogens is 4. The van der Waals surface area contributed by atoms with Crippen LogP contribution in [0, 0.1) is 17.1 Å². The van der Waals surface area contributed by atoms with Crippen molar-refractivity contribution in [3.05, 3.63) is 71.0 Å². The van der Waals surface area contributed by atoms with E-state index in [-0.39, 0.29) is 28.9 Å². The second kappa shape index (κ2) is 9.14. The molecule has 1 amide bonds. The van der Waals surface area contributed by atoms with Crippen LogP contribution < -0.4 is 0 Å². The van der Waals surface area contributed by atoms with Gasteiger partial charge in [0.2, 0.25) is 0 Å². The van der Waals surface area contributed by atoms with E-state index in [1.165, 1.54) is 24.3 Å². The van der Waals surface area contributed by atoms with Crippen molar-refractivity contribution in [2.24, 2.45) is 0 Å². The first-order valence-corrected chi connectivity index (χ1v) is 10.8. The normalized spacial score (nSPS) is 22.8. The first-order valence-electron chi connectivity index (χ1n) is 10.8. The molecule has 0 radical (unpaired) electrons. The molecule has 0 aliphatic heterocycles. The third kappa shape index (κ3) is 4.74. The number of hydrogen-bond acceptors (Lipinski definition) is 3. The van der Waals surface area contributed by atoms with Crippen molar-refractivity contribution in [2.45, 2.75) is 62.8 Å². The Morgan fingerprint density at radius 1 is 1.12 bits per heavy atom. The largest absolute Gasteiger partial charge is 0.421 e. The molecule has 0 heterocycles. The lowest BCUT2D eigenvalue weighted by atomic mass is 9.69. The number of nitrogens with zero attached hydrogens (tertiary/aromatic N) is 2. The minimum atomic E-state index is -4.84. The molecule has 33 heavy (non-hydrogen) atoms. The van der Waals surface area contributed by atoms with Gasteiger partial charge in [-0.3, -0.25) is 4.79 Å². The van der Waals surface area contributed by atoms with E-state index in [2.05, 4.69) is 6.07 Å². The van der Waals surface area contributed by atoms with E-state index in [1.54, 1.807) is 17.0 Å². The fraction of sp³-hybridized carbons (Fsp3) is 0.440. The highest BCUT2D eigenvalue weighted by Gasteiger charge is 2.51. The van der Waals surface area contributed by atoms with Crippen LogP contribution in [-0.2, 0) is 11.0 Å². The van der Waals surface area contributed by atoms with Gasteiger partial charge in [-0.15, -0.1) is 0 Å². The Balaban J connectivity index is 1.74. The van der Waals surface area contributed by atoms with E-state index in [0.29, 0.717) is 39.2 Å². The van der Waals surface area contributed by atoms with Crippen LogP contribution in [0.15, 0.2) is 48.5 Å². The molecule has 2 aromatic rings. The highest BCUT2D eigenvalue weighted by molar-refractivity contribution is 5.94. The Morgan fingerprint density at radius 3 is 2.12 bits per heavy atom. The second-order valence-electron chi connectivity index (χ2n) is 8.67. The van der Waals surface area contributed by atoms with Crippen LogP contribution in [0.1, 0.15) is 61.0 Å². The summed E-state index contributed by atoms with van der Waals surface area (Å²) in [6, 6.07) is 13.0. The predicted octanol–water partition coefficient (Wildman–Crippen LogP) is 5.46. The summed E-state index contributed by atoms with van der Waals surface area (Å²) in [5, 5.41) is 19.7. The molecule has 0 aromatic heterocycles. The Bertz CT molecular complexity index is 1020. The predicted molar refractivity (Wildman–Crippen MR) is 115 cm³/mol. The van der Waals surface area contributed by atoms with Gasteiger partial charge in [0.05, 0.1) is 11.5 Å². The Labute approximate surface area is 190 Å². The standard InChI is InChI=1S/C25H26F4N2O2/c1-3-31(22(32)17-4-6-18(7-5-17)23(2,33)25(27,28)29)21-12-14-24(16-30,15-13-21)19-8-10-20(26)11-9-19/h4-11,21,33H,3,12-15H2,1-2H3/t21?,23-,24?/m0/s1. The lowest BCUT2D eigenvalue weighted by Gasteiger charge is -2.40. The van der Waals surface area contributed by atoms with Crippen LogP contribution in [0.5, 0.6) is 0 Å². The molecule has 1 saturated carbocycles. The summed E-state index contributed by atoms with van der Waals surface area (Å²) in [5.74, 6) is -0.682. The number of carbonyl (C=O) groups excluding carboxylic acids is 1. The Hall–Kier alpha value is -2.92. The smallest absolute Gasteiger partial charge is 0.376 e. The van der Waals surface area contributed by atoms with Crippen molar-refractivity contribution in [3.63, 3.8) is 0 Å². The van der Waals surface area contributed by atoms with Gasteiger partial charge in [-0.05, 0) is 74.9 Å². The molecule has 176 valence electrons. The zero-order valence-corrected chi connectivity index (χ0v) is 18.5. The number of alkyl halides is 3. The maximum atomic E-state index is 13.3. The highest BCUT2D eigenvalue weighted by atomic mass is 19.4. The summed E-state index contributed by atoms with van der Waals surface area (Å²) in [7, 11) is 0. The van der Waals surface area contributed by atoms with E-state index in [0.717, 1.165) is 17.7 Å². The maximum absolute atomic E-state index is 13.3. The van der Waals surface area contributed by atoms with Crippen LogP contribution in [0.3, 0.4) is 0 Å². The molecular weight excluding hydrogens is 436 g/mol. The van der Waals surface area contributed by atoms with E-state index in [4.69, 9.17) is 0 Å². The zero-order valence-electron chi connectivity index (χ0n) is 18.5. The van der Waals surface area contributed by atoms with Crippen LogP contribution in [-0.4, -0.2) is 34.7 Å². The molecule has 0 bridgehead atoms. The van der Waals surface area contributed by atoms with E-state index in [9.17, 15) is 32.7 Å². The van der Waals surface area contributed by atoms with Crippen LogP contribution >= 0.6 is 0 Å². The molecule has 2 aromatic carbocycles. The number of benzene rings is 2. The molecule has 0 saturated heterocycles. The lowest BCUT2D eigenvalue weighted by molar-refractivity contribution is -0.258. The summed E-state index contributed by atoms with van der Waals surface area (Å²) >= 11 is 0. The highest BCUT2D eigenvalue weighted by Crippen LogP contribution is 2.41. The third-order valence-electron chi connectivity index (χ3n) is 6.71. The molecule has 0 unspecified atom stereocenters. The summed E-state index contributed by atoms with van der Waals surface area (Å²) < 4.78 is 52.5. The quantitative estimate of drug-likeness (QED) is 0.600. The van der Waals surface area contributed by atoms with E-state index in [1.807, 2.05) is 6.92 Å². The van der Waals surface area contributed by atoms with Crippen LogP contribution in [0.25, 0.3) is 0 Å². The summed E-state index contributed by atoms with van der Waals surface area (Å²) in [4.78, 5) is 14.8. The molecule has 1 fully saturated rings. The third-order valence-corrected chi connectivity index (χ3v) is 6.71. The van der Waals surface area contributed by atoms with Gasteiger partial charge in [0.15, 0.2) is 5.60 Å². The molecule has 8 heteroatoms. The van der Waals surface area contributed by atoms with E-state index >= 15 is 0 Å². The average Bonchev–Trinajstić information content (AvgIpc) is 2.80. The number of rotatable bonds is 5. The van der Waals surface area contributed by atoms with Gasteiger partial charge in [-0.2, -0.15) is 18.4 Å². The van der Waals surface area contributed by atoms with Gasteiger partial charge >= 0.3 is 6.18 Å². The molecular formula is C25H26F4N2O2. The SMILES string of the molecule is CCN(C(=O)c1ccc([C@](C)(O)C(F)(F)F)cc1)C1CCC(C#N)(c2ccc(F)cc2)CC1. The van der Waals surface area contributed by atoms with Gasteiger partial charge in [0.25, 0.3) is 5.91 Å². The number of carbonyl (C=O) groups is 1. The van der Waals surface area contributed by atoms with Crippen LogP contribution in [0.2, 0.25) is 0 Å². The first kappa shape index (κ1) is 24.7. The van der Waals surface area contributed by atoms with Gasteiger partial charge in [0.1, 0.15) is 5.82 Å². The Kier molecular flexibility index (Phi) is 6.85. The van der Waals surface area contributed by atoms with Crippen molar-refractivity contribution in [2.75, 3.05) is 6.54 Å². The molecule has 3 rings (SSSR count). The summed E-state index contributed by atoms with van der Waals surface area (Å²) in [6.07, 6.45) is -2.67. The lowest BCUT2D eigenvalue weighted by Crippen LogP contribution is -2.45. The van der Waals surface area contributed by atoms with Crippen LogP contribution in [0.4, 0.5) is 17.6 Å². The van der Waals surface area contributed by atoms with Crippen molar-refractivity contribution in [1.82, 2.24) is 4.90 Å². The van der Waals surface area contributed by atoms with Gasteiger partial charge < -0.3 is 10.0 Å². The van der Waals surface area contributed by atoms with Gasteiger partial charge in [-0.25, -0.2) is 4.39 Å². The number of amides is 1. The monoisotopic (exact) mass is 462 g/mol.